The third kappa shape index (κ3) is 15.2. The summed E-state index contributed by atoms with van der Waals surface area (Å²) >= 11 is 1.76. The average molecular weight is 1030 g/mol. The van der Waals surface area contributed by atoms with Crippen LogP contribution in [0, 0.1) is 17.8 Å². The molecule has 0 spiro atoms. The number of aliphatic hydroxyl groups excluding tert-OH is 2. The van der Waals surface area contributed by atoms with Gasteiger partial charge in [0.2, 0.25) is 12.6 Å². The molecule has 1 amide bonds. The second-order valence-corrected chi connectivity index (χ2v) is 22.3. The Labute approximate surface area is 440 Å². The van der Waals surface area contributed by atoms with Crippen LogP contribution in [0.15, 0.2) is 101 Å². The minimum Gasteiger partial charge on any atom is -0.493 e. The zero-order chi connectivity index (χ0) is 51.5. The van der Waals surface area contributed by atoms with Crippen LogP contribution in [-0.2, 0) is 20.9 Å². The Balaban J connectivity index is 1.31. The van der Waals surface area contributed by atoms with Gasteiger partial charge in [0.25, 0.3) is 0 Å². The van der Waals surface area contributed by atoms with Gasteiger partial charge in [-0.05, 0) is 118 Å². The number of thioether (sulfide) groups is 1. The molecule has 2 aliphatic heterocycles. The number of rotatable bonds is 31. The highest BCUT2D eigenvalue weighted by Crippen LogP contribution is 2.62. The van der Waals surface area contributed by atoms with E-state index in [0.717, 1.165) is 78.9 Å². The van der Waals surface area contributed by atoms with E-state index in [1.165, 1.54) is 49.8 Å². The lowest BCUT2D eigenvalue weighted by molar-refractivity contribution is -0.256. The topological polar surface area (TPSA) is 138 Å². The number of hydrogen-bond acceptors (Lipinski definition) is 12. The summed E-state index contributed by atoms with van der Waals surface area (Å²) < 4.78 is 39.2. The Hall–Kier alpha value is -4.69. The number of amides is 1. The highest BCUT2D eigenvalue weighted by molar-refractivity contribution is 7.99. The number of carbonyl (C=O) groups excluding carboxylic acids is 1. The Bertz CT molecular complexity index is 2250. The Morgan fingerprint density at radius 2 is 1.56 bits per heavy atom. The highest BCUT2D eigenvalue weighted by atomic mass is 32.2. The fraction of sp³-hybridized carbons (Fsp3) is 0.600. The molecule has 13 heteroatoms. The van der Waals surface area contributed by atoms with Crippen LogP contribution < -0.4 is 18.9 Å². The molecule has 6 atom stereocenters. The summed E-state index contributed by atoms with van der Waals surface area (Å²) in [6, 6.07) is 21.5. The van der Waals surface area contributed by atoms with Gasteiger partial charge in [-0.15, -0.1) is 18.3 Å². The first-order chi connectivity index (χ1) is 35.6. The van der Waals surface area contributed by atoms with Gasteiger partial charge in [-0.2, -0.15) is 0 Å². The Morgan fingerprint density at radius 3 is 2.29 bits per heavy atom. The molecule has 7 rings (SSSR count). The van der Waals surface area contributed by atoms with E-state index in [2.05, 4.69) is 37.8 Å². The number of nitrogens with zero attached hydrogens (tertiary/aromatic N) is 2. The second-order valence-electron chi connectivity index (χ2n) is 21.1. The first-order valence-electron chi connectivity index (χ1n) is 27.5. The van der Waals surface area contributed by atoms with Crippen molar-refractivity contribution >= 4 is 23.6 Å². The van der Waals surface area contributed by atoms with Crippen molar-refractivity contribution in [1.29, 1.82) is 0 Å². The standard InChI is InChI=1S/C60H84N2O10S/c1-6-8-9-10-11-12-13-14-15-23-35-67-58(65)62(42-44-28-30-53-54(38-44)69-43-68-53)55-41-51(61-72-59(3,4)5)49-39-45(24-19-21-32-63)48(27-20-22-33-64)56-50-40-46(66-36-37-73-47-25-17-16-18-26-47)29-31-52(50)71-60(55,57(49)56)70-34-7-2/h7,16-18,25-26,28-31,38-40,45,48,55-57,63-64H,2,6,8-15,19-24,27,32-37,41-43H2,1,3-5H3. The first kappa shape index (κ1) is 56.0. The van der Waals surface area contributed by atoms with Crippen molar-refractivity contribution in [3.63, 3.8) is 0 Å². The van der Waals surface area contributed by atoms with Gasteiger partial charge in [-0.1, -0.05) is 119 Å². The van der Waals surface area contributed by atoms with Crippen LogP contribution in [0.5, 0.6) is 23.0 Å². The molecule has 2 N–H and O–H groups in total. The predicted molar refractivity (Wildman–Crippen MR) is 290 cm³/mol. The second kappa shape index (κ2) is 28.3. The maximum atomic E-state index is 15.2. The number of allylic oxidation sites excluding steroid dienone is 1. The molecule has 6 unspecified atom stereocenters. The number of unbranched alkanes of at least 4 members (excludes halogenated alkanes) is 11. The first-order valence-corrected chi connectivity index (χ1v) is 28.5. The smallest absolute Gasteiger partial charge is 0.410 e. The van der Waals surface area contributed by atoms with Gasteiger partial charge in [0.05, 0.1) is 31.5 Å². The largest absolute Gasteiger partial charge is 0.493 e. The molecule has 12 nitrogen and oxygen atoms in total. The zero-order valence-corrected chi connectivity index (χ0v) is 45.1. The molecule has 0 radical (unpaired) electrons. The highest BCUT2D eigenvalue weighted by Gasteiger charge is 2.66. The molecule has 0 saturated heterocycles. The number of fused-ring (bicyclic) bond motifs is 3. The fourth-order valence-corrected chi connectivity index (χ4v) is 11.9. The number of hydrogen-bond donors (Lipinski definition) is 2. The van der Waals surface area contributed by atoms with Crippen LogP contribution in [0.1, 0.15) is 154 Å². The molecule has 2 heterocycles. The zero-order valence-electron chi connectivity index (χ0n) is 44.2. The molecular formula is C60H84N2O10S. The van der Waals surface area contributed by atoms with Gasteiger partial charge in [-0.25, -0.2) is 4.79 Å². The number of ether oxygens (including phenoxy) is 6. The van der Waals surface area contributed by atoms with Crippen molar-refractivity contribution in [3.05, 3.63) is 102 Å². The summed E-state index contributed by atoms with van der Waals surface area (Å²) in [5.41, 5.74) is 2.92. The summed E-state index contributed by atoms with van der Waals surface area (Å²) in [5, 5.41) is 25.2. The molecule has 1 saturated carbocycles. The minimum atomic E-state index is -1.45. The van der Waals surface area contributed by atoms with Crippen molar-refractivity contribution in [2.45, 2.75) is 172 Å². The number of benzene rings is 3. The Kier molecular flexibility index (Phi) is 21.7. The van der Waals surface area contributed by atoms with E-state index >= 15 is 4.79 Å². The molecule has 0 aromatic heterocycles. The van der Waals surface area contributed by atoms with Gasteiger partial charge in [0, 0.05) is 48.3 Å². The number of carbonyl (C=O) groups is 1. The summed E-state index contributed by atoms with van der Waals surface area (Å²) in [6.45, 7) is 13.8. The van der Waals surface area contributed by atoms with E-state index in [1.807, 2.05) is 69.3 Å². The molecular weight excluding hydrogens is 941 g/mol. The van der Waals surface area contributed by atoms with Crippen LogP contribution in [-0.4, -0.2) is 89.9 Å². The van der Waals surface area contributed by atoms with E-state index in [0.29, 0.717) is 36.7 Å². The monoisotopic (exact) mass is 1020 g/mol. The molecule has 4 aliphatic rings. The van der Waals surface area contributed by atoms with Gasteiger partial charge in [0.1, 0.15) is 23.1 Å². The van der Waals surface area contributed by atoms with Crippen LogP contribution in [0.4, 0.5) is 4.79 Å². The van der Waals surface area contributed by atoms with Gasteiger partial charge >= 0.3 is 6.09 Å². The van der Waals surface area contributed by atoms with E-state index in [9.17, 15) is 10.2 Å². The lowest BCUT2D eigenvalue weighted by Gasteiger charge is -2.60. The maximum absolute atomic E-state index is 15.2. The number of aliphatic hydroxyl groups is 2. The molecule has 3 aromatic carbocycles. The fourth-order valence-electron chi connectivity index (χ4n) is 11.1. The van der Waals surface area contributed by atoms with Crippen molar-refractivity contribution in [3.8, 4) is 23.0 Å². The van der Waals surface area contributed by atoms with E-state index < -0.39 is 29.4 Å². The minimum absolute atomic E-state index is 0.0615. The predicted octanol–water partition coefficient (Wildman–Crippen LogP) is 13.6. The van der Waals surface area contributed by atoms with Crippen molar-refractivity contribution in [2.24, 2.45) is 22.9 Å². The lowest BCUT2D eigenvalue weighted by atomic mass is 9.55. The molecule has 0 bridgehead atoms. The Morgan fingerprint density at radius 1 is 0.849 bits per heavy atom. The van der Waals surface area contributed by atoms with Gasteiger partial charge in [-0.3, -0.25) is 4.90 Å². The van der Waals surface area contributed by atoms with Crippen LogP contribution >= 0.6 is 11.8 Å². The van der Waals surface area contributed by atoms with Crippen molar-refractivity contribution < 1.29 is 48.3 Å². The normalized spacial score (nSPS) is 22.2. The van der Waals surface area contributed by atoms with Crippen LogP contribution in [0.3, 0.4) is 0 Å². The molecule has 2 aliphatic carbocycles. The molecule has 400 valence electrons. The summed E-state index contributed by atoms with van der Waals surface area (Å²) in [6.07, 6.45) is 20.3. The summed E-state index contributed by atoms with van der Waals surface area (Å²) in [5.74, 6) is 1.47. The van der Waals surface area contributed by atoms with E-state index in [4.69, 9.17) is 38.4 Å². The van der Waals surface area contributed by atoms with Gasteiger partial charge in [0.15, 0.2) is 11.5 Å². The van der Waals surface area contributed by atoms with Gasteiger partial charge < -0.3 is 43.5 Å². The summed E-state index contributed by atoms with van der Waals surface area (Å²) in [4.78, 5) is 24.6. The van der Waals surface area contributed by atoms with Crippen molar-refractivity contribution in [1.82, 2.24) is 4.90 Å². The molecule has 1 fully saturated rings. The van der Waals surface area contributed by atoms with Crippen LogP contribution in [0.2, 0.25) is 0 Å². The summed E-state index contributed by atoms with van der Waals surface area (Å²) in [7, 11) is 0. The van der Waals surface area contributed by atoms with Crippen LogP contribution in [0.25, 0.3) is 0 Å². The van der Waals surface area contributed by atoms with Crippen molar-refractivity contribution in [2.75, 3.05) is 45.6 Å². The molecule has 73 heavy (non-hydrogen) atoms. The van der Waals surface area contributed by atoms with E-state index in [-0.39, 0.29) is 63.9 Å². The third-order valence-corrected chi connectivity index (χ3v) is 15.5. The van der Waals surface area contributed by atoms with E-state index in [1.54, 1.807) is 22.7 Å². The molecule has 3 aromatic rings. The maximum Gasteiger partial charge on any atom is 0.410 e. The quantitative estimate of drug-likeness (QED) is 0.0276. The third-order valence-electron chi connectivity index (χ3n) is 14.6. The lowest BCUT2D eigenvalue weighted by Crippen LogP contribution is -2.70. The number of oxime groups is 1. The average Bonchev–Trinajstić information content (AvgIpc) is 3.86. The SMILES string of the molecule is C=CCOC12Oc3ccc(OCCSc4ccccc4)cc3C3C(CCCCO)C(CCCCO)C=C(C(=NOC(C)(C)C)CC1N(Cc1ccc4c(c1)OCO4)C(=O)OCCCCCCCCCCCC)C32.